The number of aliphatic hydroxyl groups is 2. The Morgan fingerprint density at radius 1 is 1.29 bits per heavy atom. The van der Waals surface area contributed by atoms with Crippen LogP contribution < -0.4 is 0 Å². The molecule has 1 rings (SSSR count). The van der Waals surface area contributed by atoms with E-state index in [1.54, 1.807) is 13.0 Å². The highest BCUT2D eigenvalue weighted by atomic mass is 16.3. The third-order valence-corrected chi connectivity index (χ3v) is 2.05. The van der Waals surface area contributed by atoms with Crippen molar-refractivity contribution in [1.82, 2.24) is 0 Å². The summed E-state index contributed by atoms with van der Waals surface area (Å²) in [4.78, 5) is 0. The van der Waals surface area contributed by atoms with Crippen molar-refractivity contribution in [3.63, 3.8) is 0 Å². The van der Waals surface area contributed by atoms with Gasteiger partial charge in [0.15, 0.2) is 0 Å². The lowest BCUT2D eigenvalue weighted by Gasteiger charge is -2.16. The molecule has 0 heterocycles. The zero-order valence-corrected chi connectivity index (χ0v) is 8.35. The highest BCUT2D eigenvalue weighted by Crippen LogP contribution is 2.12. The van der Waals surface area contributed by atoms with Crippen LogP contribution in [0.1, 0.15) is 18.9 Å². The monoisotopic (exact) mass is 192 g/mol. The lowest BCUT2D eigenvalue weighted by Crippen LogP contribution is -2.21. The van der Waals surface area contributed by atoms with Crippen molar-refractivity contribution < 1.29 is 10.2 Å². The summed E-state index contributed by atoms with van der Waals surface area (Å²) in [6, 6.07) is 9.76. The van der Waals surface area contributed by atoms with Crippen molar-refractivity contribution in [2.45, 2.75) is 18.9 Å². The first-order valence-electron chi connectivity index (χ1n) is 4.71. The van der Waals surface area contributed by atoms with Crippen LogP contribution in [0, 0.1) is 0 Å². The second-order valence-electron chi connectivity index (χ2n) is 3.57. The van der Waals surface area contributed by atoms with E-state index in [1.807, 2.05) is 36.4 Å². The van der Waals surface area contributed by atoms with Crippen LogP contribution in [-0.4, -0.2) is 22.4 Å². The molecular formula is C12H16O2. The average Bonchev–Trinajstić information content (AvgIpc) is 2.17. The number of benzene rings is 1. The quantitative estimate of drug-likeness (QED) is 0.764. The molecule has 14 heavy (non-hydrogen) atoms. The van der Waals surface area contributed by atoms with E-state index in [1.165, 1.54) is 0 Å². The Bertz CT molecular complexity index is 288. The van der Waals surface area contributed by atoms with Crippen molar-refractivity contribution in [3.05, 3.63) is 42.0 Å². The van der Waals surface area contributed by atoms with E-state index in [2.05, 4.69) is 0 Å². The van der Waals surface area contributed by atoms with Gasteiger partial charge in [-0.25, -0.2) is 0 Å². The van der Waals surface area contributed by atoms with E-state index in [0.29, 0.717) is 6.42 Å². The minimum Gasteiger partial charge on any atom is -0.396 e. The van der Waals surface area contributed by atoms with E-state index in [4.69, 9.17) is 5.11 Å². The van der Waals surface area contributed by atoms with Crippen LogP contribution in [-0.2, 0) is 0 Å². The number of hydrogen-bond donors (Lipinski definition) is 2. The van der Waals surface area contributed by atoms with Gasteiger partial charge >= 0.3 is 0 Å². The molecule has 2 N–H and O–H groups in total. The molecule has 0 saturated carbocycles. The Labute approximate surface area is 84.5 Å². The number of rotatable bonds is 4. The lowest BCUT2D eigenvalue weighted by atomic mass is 10.0. The van der Waals surface area contributed by atoms with Crippen LogP contribution in [0.2, 0.25) is 0 Å². The first-order chi connectivity index (χ1) is 6.64. The van der Waals surface area contributed by atoms with Crippen molar-refractivity contribution in [2.75, 3.05) is 6.61 Å². The van der Waals surface area contributed by atoms with Gasteiger partial charge in [0.2, 0.25) is 0 Å². The van der Waals surface area contributed by atoms with Gasteiger partial charge in [0, 0.05) is 13.0 Å². The molecule has 1 atom stereocenters. The highest BCUT2D eigenvalue weighted by Gasteiger charge is 2.14. The van der Waals surface area contributed by atoms with Crippen molar-refractivity contribution in [1.29, 1.82) is 0 Å². The molecule has 0 amide bonds. The van der Waals surface area contributed by atoms with Crippen LogP contribution in [0.4, 0.5) is 0 Å². The van der Waals surface area contributed by atoms with Crippen molar-refractivity contribution >= 4 is 6.08 Å². The minimum absolute atomic E-state index is 0.00781. The Balaban J connectivity index is 2.64. The maximum atomic E-state index is 9.73. The predicted molar refractivity (Wildman–Crippen MR) is 57.8 cm³/mol. The molecule has 0 fully saturated rings. The van der Waals surface area contributed by atoms with Gasteiger partial charge in [0.1, 0.15) is 0 Å². The highest BCUT2D eigenvalue weighted by molar-refractivity contribution is 5.49. The van der Waals surface area contributed by atoms with Crippen molar-refractivity contribution in [2.24, 2.45) is 0 Å². The number of hydrogen-bond acceptors (Lipinski definition) is 2. The van der Waals surface area contributed by atoms with Crippen LogP contribution in [0.15, 0.2) is 36.4 Å². The maximum Gasteiger partial charge on any atom is 0.0824 e. The largest absolute Gasteiger partial charge is 0.396 e. The summed E-state index contributed by atoms with van der Waals surface area (Å²) >= 11 is 0. The summed E-state index contributed by atoms with van der Waals surface area (Å²) in [5.74, 6) is 0. The fourth-order valence-corrected chi connectivity index (χ4v) is 1.15. The topological polar surface area (TPSA) is 40.5 Å². The zero-order valence-electron chi connectivity index (χ0n) is 8.35. The molecule has 1 aromatic carbocycles. The SMILES string of the molecule is CC(O)(/C=C/c1ccccc1)CCO. The normalized spacial score (nSPS) is 15.6. The molecule has 0 aliphatic carbocycles. The van der Waals surface area contributed by atoms with Gasteiger partial charge in [0.05, 0.1) is 5.60 Å². The first kappa shape index (κ1) is 11.0. The van der Waals surface area contributed by atoms with E-state index >= 15 is 0 Å². The van der Waals surface area contributed by atoms with Gasteiger partial charge in [-0.3, -0.25) is 0 Å². The Morgan fingerprint density at radius 2 is 1.93 bits per heavy atom. The Hall–Kier alpha value is -1.12. The number of aliphatic hydroxyl groups excluding tert-OH is 1. The molecule has 1 aromatic rings. The van der Waals surface area contributed by atoms with Gasteiger partial charge in [-0.05, 0) is 12.5 Å². The third-order valence-electron chi connectivity index (χ3n) is 2.05. The molecule has 1 unspecified atom stereocenters. The van der Waals surface area contributed by atoms with Gasteiger partial charge in [0.25, 0.3) is 0 Å². The van der Waals surface area contributed by atoms with Crippen LogP contribution in [0.3, 0.4) is 0 Å². The van der Waals surface area contributed by atoms with E-state index in [9.17, 15) is 5.11 Å². The van der Waals surface area contributed by atoms with Crippen LogP contribution >= 0.6 is 0 Å². The predicted octanol–water partition coefficient (Wildman–Crippen LogP) is 1.83. The lowest BCUT2D eigenvalue weighted by molar-refractivity contribution is 0.0795. The molecular weight excluding hydrogens is 176 g/mol. The van der Waals surface area contributed by atoms with Crippen LogP contribution in [0.5, 0.6) is 0 Å². The minimum atomic E-state index is -0.926. The third kappa shape index (κ3) is 3.73. The standard InChI is InChI=1S/C12H16O2/c1-12(14,9-10-13)8-7-11-5-3-2-4-6-11/h2-8,13-14H,9-10H2,1H3/b8-7+. The fraction of sp³-hybridized carbons (Fsp3) is 0.333. The molecule has 0 bridgehead atoms. The molecule has 0 aromatic heterocycles. The van der Waals surface area contributed by atoms with E-state index in [0.717, 1.165) is 5.56 Å². The average molecular weight is 192 g/mol. The molecule has 2 nitrogen and oxygen atoms in total. The summed E-state index contributed by atoms with van der Waals surface area (Å²) < 4.78 is 0. The Kier molecular flexibility index (Phi) is 3.86. The van der Waals surface area contributed by atoms with Gasteiger partial charge < -0.3 is 10.2 Å². The molecule has 2 heteroatoms. The maximum absolute atomic E-state index is 9.73. The van der Waals surface area contributed by atoms with Gasteiger partial charge in [-0.15, -0.1) is 0 Å². The van der Waals surface area contributed by atoms with E-state index in [-0.39, 0.29) is 6.61 Å². The van der Waals surface area contributed by atoms with Crippen molar-refractivity contribution in [3.8, 4) is 0 Å². The first-order valence-corrected chi connectivity index (χ1v) is 4.71. The second-order valence-corrected chi connectivity index (χ2v) is 3.57. The molecule has 0 radical (unpaired) electrons. The molecule has 0 aliphatic heterocycles. The summed E-state index contributed by atoms with van der Waals surface area (Å²) in [7, 11) is 0. The summed E-state index contributed by atoms with van der Waals surface area (Å²) in [6.07, 6.45) is 3.92. The fourth-order valence-electron chi connectivity index (χ4n) is 1.15. The van der Waals surface area contributed by atoms with Crippen LogP contribution in [0.25, 0.3) is 6.08 Å². The Morgan fingerprint density at radius 3 is 2.50 bits per heavy atom. The summed E-state index contributed by atoms with van der Waals surface area (Å²) in [5.41, 5.74) is 0.121. The zero-order chi connectivity index (χ0) is 10.4. The second kappa shape index (κ2) is 4.94. The molecule has 76 valence electrons. The van der Waals surface area contributed by atoms with Gasteiger partial charge in [-0.2, -0.15) is 0 Å². The van der Waals surface area contributed by atoms with Gasteiger partial charge in [-0.1, -0.05) is 42.5 Å². The van der Waals surface area contributed by atoms with E-state index < -0.39 is 5.60 Å². The molecule has 0 saturated heterocycles. The molecule has 0 spiro atoms. The molecule has 0 aliphatic rings. The summed E-state index contributed by atoms with van der Waals surface area (Å²) in [6.45, 7) is 1.68. The smallest absolute Gasteiger partial charge is 0.0824 e. The summed E-state index contributed by atoms with van der Waals surface area (Å²) in [5, 5.41) is 18.4.